The number of rotatable bonds is 7. The van der Waals surface area contributed by atoms with Crippen molar-refractivity contribution in [3.8, 4) is 0 Å². The third kappa shape index (κ3) is 5.64. The van der Waals surface area contributed by atoms with Crippen LogP contribution in [0.5, 0.6) is 0 Å². The van der Waals surface area contributed by atoms with E-state index in [9.17, 15) is 14.4 Å². The van der Waals surface area contributed by atoms with Crippen molar-refractivity contribution in [1.29, 1.82) is 0 Å². The number of carboxylic acids is 1. The summed E-state index contributed by atoms with van der Waals surface area (Å²) < 4.78 is 0. The Bertz CT molecular complexity index is 525. The van der Waals surface area contributed by atoms with Crippen LogP contribution in [0.1, 0.15) is 25.8 Å². The number of nitrogens with two attached hydrogens (primary N) is 1. The van der Waals surface area contributed by atoms with E-state index in [1.165, 1.54) is 6.92 Å². The average molecular weight is 292 g/mol. The first-order valence-electron chi connectivity index (χ1n) is 6.66. The van der Waals surface area contributed by atoms with Crippen LogP contribution in [0.3, 0.4) is 0 Å². The first-order chi connectivity index (χ1) is 9.79. The van der Waals surface area contributed by atoms with Gasteiger partial charge in [-0.15, -0.1) is 0 Å². The van der Waals surface area contributed by atoms with E-state index in [1.54, 1.807) is 19.1 Å². The van der Waals surface area contributed by atoms with Crippen LogP contribution in [0, 0.1) is 5.92 Å². The number of Topliss-reactive ketones (excluding diaryl/α,β-unsaturated/α-hetero) is 1. The topological polar surface area (TPSA) is 109 Å². The molecule has 6 heteroatoms. The Morgan fingerprint density at radius 1 is 1.24 bits per heavy atom. The molecule has 0 aliphatic rings. The van der Waals surface area contributed by atoms with Gasteiger partial charge in [-0.05, 0) is 31.0 Å². The lowest BCUT2D eigenvalue weighted by Gasteiger charge is -2.17. The van der Waals surface area contributed by atoms with E-state index in [1.807, 2.05) is 12.1 Å². The van der Waals surface area contributed by atoms with Gasteiger partial charge in [-0.25, -0.2) is 0 Å². The van der Waals surface area contributed by atoms with Crippen molar-refractivity contribution in [1.82, 2.24) is 5.32 Å². The van der Waals surface area contributed by atoms with Gasteiger partial charge < -0.3 is 16.2 Å². The third-order valence-electron chi connectivity index (χ3n) is 3.16. The van der Waals surface area contributed by atoms with Gasteiger partial charge in [0.1, 0.15) is 0 Å². The molecule has 0 radical (unpaired) electrons. The molecule has 0 aliphatic heterocycles. The standard InChI is InChI=1S/C15H20N2O4/c1-9(7-11-3-5-12(16)6-4-11)15(21)17-13(10(2)18)8-14(19)20/h3-6,9,13H,7-8,16H2,1-2H3,(H,17,21)(H,19,20)/t9-,13-/m0/s1. The van der Waals surface area contributed by atoms with Gasteiger partial charge in [0.15, 0.2) is 5.78 Å². The maximum atomic E-state index is 12.0. The number of ketones is 1. The lowest BCUT2D eigenvalue weighted by molar-refractivity contribution is -0.140. The first kappa shape index (κ1) is 16.7. The summed E-state index contributed by atoms with van der Waals surface area (Å²) >= 11 is 0. The van der Waals surface area contributed by atoms with E-state index in [0.29, 0.717) is 12.1 Å². The highest BCUT2D eigenvalue weighted by molar-refractivity contribution is 5.91. The van der Waals surface area contributed by atoms with Gasteiger partial charge in [0.05, 0.1) is 12.5 Å². The molecule has 2 atom stereocenters. The lowest BCUT2D eigenvalue weighted by Crippen LogP contribution is -2.43. The molecule has 1 rings (SSSR count). The maximum Gasteiger partial charge on any atom is 0.305 e. The molecule has 1 aromatic carbocycles. The quantitative estimate of drug-likeness (QED) is 0.649. The van der Waals surface area contributed by atoms with Crippen molar-refractivity contribution in [2.75, 3.05) is 5.73 Å². The van der Waals surface area contributed by atoms with Crippen LogP contribution in [0.2, 0.25) is 0 Å². The molecule has 114 valence electrons. The number of hydrogen-bond donors (Lipinski definition) is 3. The molecule has 0 bridgehead atoms. The summed E-state index contributed by atoms with van der Waals surface area (Å²) in [7, 11) is 0. The van der Waals surface area contributed by atoms with Crippen LogP contribution < -0.4 is 11.1 Å². The summed E-state index contributed by atoms with van der Waals surface area (Å²) in [5.41, 5.74) is 7.19. The second kappa shape index (κ2) is 7.42. The molecular weight excluding hydrogens is 272 g/mol. The van der Waals surface area contributed by atoms with Crippen molar-refractivity contribution in [3.05, 3.63) is 29.8 Å². The summed E-state index contributed by atoms with van der Waals surface area (Å²) in [6.45, 7) is 2.99. The molecule has 6 nitrogen and oxygen atoms in total. The minimum atomic E-state index is -1.12. The van der Waals surface area contributed by atoms with Crippen molar-refractivity contribution in [2.24, 2.45) is 5.92 Å². The molecule has 0 fully saturated rings. The number of carbonyl (C=O) groups excluding carboxylic acids is 2. The molecule has 0 spiro atoms. The predicted octanol–water partition coefficient (Wildman–Crippen LogP) is 0.996. The number of aliphatic carboxylic acids is 1. The SMILES string of the molecule is CC(=O)[C@H](CC(=O)O)NC(=O)[C@@H](C)Cc1ccc(N)cc1. The predicted molar refractivity (Wildman–Crippen MR) is 78.6 cm³/mol. The smallest absolute Gasteiger partial charge is 0.305 e. The number of amides is 1. The summed E-state index contributed by atoms with van der Waals surface area (Å²) in [4.78, 5) is 34.0. The van der Waals surface area contributed by atoms with E-state index >= 15 is 0 Å². The van der Waals surface area contributed by atoms with Gasteiger partial charge in [0.25, 0.3) is 0 Å². The highest BCUT2D eigenvalue weighted by Crippen LogP contribution is 2.12. The Morgan fingerprint density at radius 2 is 1.81 bits per heavy atom. The number of anilines is 1. The van der Waals surface area contributed by atoms with Gasteiger partial charge in [0.2, 0.25) is 5.91 Å². The van der Waals surface area contributed by atoms with Gasteiger partial charge in [0, 0.05) is 11.6 Å². The molecule has 4 N–H and O–H groups in total. The van der Waals surface area contributed by atoms with E-state index in [-0.39, 0.29) is 17.6 Å². The fourth-order valence-corrected chi connectivity index (χ4v) is 1.88. The second-order valence-corrected chi connectivity index (χ2v) is 5.12. The second-order valence-electron chi connectivity index (χ2n) is 5.12. The van der Waals surface area contributed by atoms with Crippen LogP contribution in [-0.2, 0) is 20.8 Å². The van der Waals surface area contributed by atoms with Gasteiger partial charge >= 0.3 is 5.97 Å². The highest BCUT2D eigenvalue weighted by Gasteiger charge is 2.23. The summed E-state index contributed by atoms with van der Waals surface area (Å²) in [6.07, 6.45) is 0.0828. The van der Waals surface area contributed by atoms with Crippen LogP contribution in [0.25, 0.3) is 0 Å². The minimum Gasteiger partial charge on any atom is -0.481 e. The van der Waals surface area contributed by atoms with E-state index in [0.717, 1.165) is 5.56 Å². The minimum absolute atomic E-state index is 0.340. The van der Waals surface area contributed by atoms with Crippen LogP contribution in [0.15, 0.2) is 24.3 Å². The summed E-state index contributed by atoms with van der Waals surface area (Å²) in [5, 5.41) is 11.2. The van der Waals surface area contributed by atoms with Crippen molar-refractivity contribution >= 4 is 23.3 Å². The lowest BCUT2D eigenvalue weighted by atomic mass is 9.99. The Kier molecular flexibility index (Phi) is 5.90. The zero-order valence-corrected chi connectivity index (χ0v) is 12.1. The molecule has 21 heavy (non-hydrogen) atoms. The van der Waals surface area contributed by atoms with Crippen LogP contribution in [0.4, 0.5) is 5.69 Å². The molecule has 0 saturated heterocycles. The van der Waals surface area contributed by atoms with Gasteiger partial charge in [-0.3, -0.25) is 14.4 Å². The molecular formula is C15H20N2O4. The molecule has 1 aromatic rings. The van der Waals surface area contributed by atoms with Crippen molar-refractivity contribution in [2.45, 2.75) is 32.7 Å². The zero-order valence-electron chi connectivity index (χ0n) is 12.1. The molecule has 0 aromatic heterocycles. The van der Waals surface area contributed by atoms with Gasteiger partial charge in [-0.2, -0.15) is 0 Å². The van der Waals surface area contributed by atoms with E-state index < -0.39 is 18.4 Å². The average Bonchev–Trinajstić information content (AvgIpc) is 2.39. The number of benzene rings is 1. The molecule has 0 saturated carbocycles. The van der Waals surface area contributed by atoms with Gasteiger partial charge in [-0.1, -0.05) is 19.1 Å². The Balaban J connectivity index is 2.62. The Labute approximate surface area is 123 Å². The zero-order chi connectivity index (χ0) is 16.0. The van der Waals surface area contributed by atoms with Crippen LogP contribution in [-0.4, -0.2) is 28.8 Å². The molecule has 1 amide bonds. The fourth-order valence-electron chi connectivity index (χ4n) is 1.88. The number of nitrogens with one attached hydrogen (secondary N) is 1. The Morgan fingerprint density at radius 3 is 2.29 bits per heavy atom. The number of hydrogen-bond acceptors (Lipinski definition) is 4. The van der Waals surface area contributed by atoms with Crippen molar-refractivity contribution < 1.29 is 19.5 Å². The highest BCUT2D eigenvalue weighted by atomic mass is 16.4. The van der Waals surface area contributed by atoms with E-state index in [4.69, 9.17) is 10.8 Å². The molecule has 0 unspecified atom stereocenters. The number of nitrogen functional groups attached to an aromatic ring is 1. The van der Waals surface area contributed by atoms with Crippen molar-refractivity contribution in [3.63, 3.8) is 0 Å². The monoisotopic (exact) mass is 292 g/mol. The largest absolute Gasteiger partial charge is 0.481 e. The third-order valence-corrected chi connectivity index (χ3v) is 3.16. The molecule has 0 aliphatic carbocycles. The normalized spacial score (nSPS) is 13.2. The summed E-state index contributed by atoms with van der Waals surface area (Å²) in [5.74, 6) is -2.20. The van der Waals surface area contributed by atoms with Crippen LogP contribution >= 0.6 is 0 Å². The number of carbonyl (C=O) groups is 3. The Hall–Kier alpha value is -2.37. The fraction of sp³-hybridized carbons (Fsp3) is 0.400. The number of carboxylic acid groups (broad SMARTS) is 1. The maximum absolute atomic E-state index is 12.0. The van der Waals surface area contributed by atoms with E-state index in [2.05, 4.69) is 5.32 Å². The first-order valence-corrected chi connectivity index (χ1v) is 6.66. The summed E-state index contributed by atoms with van der Waals surface area (Å²) in [6, 6.07) is 6.19. The molecule has 0 heterocycles.